The van der Waals surface area contributed by atoms with Crippen LogP contribution in [0.25, 0.3) is 0 Å². The van der Waals surface area contributed by atoms with Crippen LogP contribution in [0.5, 0.6) is 0 Å². The van der Waals surface area contributed by atoms with Crippen LogP contribution >= 0.6 is 0 Å². The monoisotopic (exact) mass is 1340 g/mol. The number of nitrogens with zero attached hydrogens (tertiary/aromatic N) is 4. The molecule has 26 heteroatoms. The Labute approximate surface area is 568 Å². The van der Waals surface area contributed by atoms with Crippen molar-refractivity contribution >= 4 is 70.8 Å². The van der Waals surface area contributed by atoms with E-state index in [2.05, 4.69) is 42.5 Å². The number of nitrogens with one attached hydrogen (secondary N) is 8. The third-order valence-corrected chi connectivity index (χ3v) is 18.6. The van der Waals surface area contributed by atoms with Gasteiger partial charge in [0.2, 0.25) is 59.1 Å². The Morgan fingerprint density at radius 1 is 0.635 bits per heavy atom. The molecule has 4 rings (SSSR count). The summed E-state index contributed by atoms with van der Waals surface area (Å²) >= 11 is 0. The van der Waals surface area contributed by atoms with Gasteiger partial charge in [0.1, 0.15) is 24.2 Å². The number of hydrogen-bond acceptors (Lipinski definition) is 14. The molecule has 11 atom stereocenters. The molecule has 26 nitrogen and oxygen atoms in total. The standard InChI is InChI=1S/C70H113N13O13/c1-16-45(9)61(81(13)69(93)59(43(5)6)79-68(92)60(44(7)8)80(11)12)54(95-14)40-57(86)83-36-22-26-53(83)62(96-15)46(10)63(87)77-52(39-47-23-19-18-20-24-47)65(89)74-41-48-27-29-50(30-28-48)75-66(90)51(25-21-35-73-70(71)94)76-67(91)58(42(3)4)78-55(84)31-32-56(85)82-37-33-49(34-38-82)64(88)72-17-2/h18-20,23-24,27-30,42-46,49,51-54,58-62H,16-17,21-22,25-26,31-41H2,1-15H3,(H,72,88)(H,74,89)(H,75,90)(H,76,91)(H,77,87)(H,78,84)(H,79,92)(H3,71,73,94)/t45-,46+,51-,52-,53-,54+,58?,59-,60-,61-,62+/m0/s1. The highest BCUT2D eigenvalue weighted by molar-refractivity contribution is 5.99. The lowest BCUT2D eigenvalue weighted by Crippen LogP contribution is -2.59. The number of anilines is 1. The topological polar surface area (TPSA) is 341 Å². The van der Waals surface area contributed by atoms with E-state index in [-0.39, 0.29) is 105 Å². The van der Waals surface area contributed by atoms with Crippen LogP contribution in [0, 0.1) is 35.5 Å². The highest BCUT2D eigenvalue weighted by Crippen LogP contribution is 2.30. The molecule has 0 spiro atoms. The van der Waals surface area contributed by atoms with Gasteiger partial charge in [-0.15, -0.1) is 0 Å². The van der Waals surface area contributed by atoms with E-state index in [0.29, 0.717) is 69.5 Å². The summed E-state index contributed by atoms with van der Waals surface area (Å²) in [5.41, 5.74) is 7.08. The van der Waals surface area contributed by atoms with E-state index < -0.39 is 102 Å². The molecule has 2 saturated heterocycles. The molecule has 536 valence electrons. The molecule has 2 heterocycles. The zero-order valence-corrected chi connectivity index (χ0v) is 59.6. The quantitative estimate of drug-likeness (QED) is 0.0432. The van der Waals surface area contributed by atoms with E-state index in [1.165, 1.54) is 14.2 Å². The molecule has 2 aromatic rings. The van der Waals surface area contributed by atoms with Crippen LogP contribution in [-0.2, 0) is 70.4 Å². The Kier molecular flexibility index (Phi) is 33.7. The first-order valence-corrected chi connectivity index (χ1v) is 34.3. The van der Waals surface area contributed by atoms with Crippen molar-refractivity contribution in [3.63, 3.8) is 0 Å². The average Bonchev–Trinajstić information content (AvgIpc) is 1.84. The highest BCUT2D eigenvalue weighted by Gasteiger charge is 2.44. The number of likely N-dealkylation sites (N-methyl/N-ethyl adjacent to an activating group) is 2. The number of piperidine rings is 1. The molecule has 96 heavy (non-hydrogen) atoms. The molecule has 2 aliphatic heterocycles. The van der Waals surface area contributed by atoms with E-state index in [0.717, 1.165) is 5.56 Å². The number of methoxy groups -OCH3 is 2. The fourth-order valence-electron chi connectivity index (χ4n) is 12.9. The summed E-state index contributed by atoms with van der Waals surface area (Å²) in [5.74, 6) is -5.46. The number of primary amides is 1. The second-order valence-electron chi connectivity index (χ2n) is 27.0. The Hall–Kier alpha value is -7.71. The molecular weight excluding hydrogens is 1230 g/mol. The van der Waals surface area contributed by atoms with Crippen LogP contribution in [0.3, 0.4) is 0 Å². The predicted octanol–water partition coefficient (Wildman–Crippen LogP) is 3.85. The van der Waals surface area contributed by atoms with Crippen LogP contribution < -0.4 is 48.3 Å². The second-order valence-corrected chi connectivity index (χ2v) is 27.0. The van der Waals surface area contributed by atoms with Gasteiger partial charge in [-0.25, -0.2) is 4.79 Å². The fraction of sp³-hybridized carbons (Fsp3) is 0.671. The Balaban J connectivity index is 1.43. The van der Waals surface area contributed by atoms with Crippen LogP contribution in [-0.4, -0.2) is 207 Å². The number of hydrogen-bond donors (Lipinski definition) is 9. The number of rotatable bonds is 38. The van der Waals surface area contributed by atoms with Gasteiger partial charge in [0.05, 0.1) is 42.7 Å². The first kappa shape index (κ1) is 80.7. The van der Waals surface area contributed by atoms with Crippen molar-refractivity contribution < 1.29 is 62.2 Å². The summed E-state index contributed by atoms with van der Waals surface area (Å²) in [7, 11) is 8.40. The maximum absolute atomic E-state index is 14.6. The third kappa shape index (κ3) is 24.4. The highest BCUT2D eigenvalue weighted by atomic mass is 16.5. The molecule has 12 amide bonds. The van der Waals surface area contributed by atoms with Crippen molar-refractivity contribution in [2.75, 3.05) is 73.4 Å². The smallest absolute Gasteiger partial charge is 0.312 e. The van der Waals surface area contributed by atoms with E-state index in [4.69, 9.17) is 15.2 Å². The van der Waals surface area contributed by atoms with Crippen molar-refractivity contribution in [2.24, 2.45) is 41.2 Å². The van der Waals surface area contributed by atoms with Gasteiger partial charge < -0.3 is 72.4 Å². The van der Waals surface area contributed by atoms with Crippen molar-refractivity contribution in [3.8, 4) is 0 Å². The zero-order chi connectivity index (χ0) is 71.5. The molecule has 0 radical (unpaired) electrons. The van der Waals surface area contributed by atoms with Crippen molar-refractivity contribution in [1.82, 2.24) is 56.8 Å². The zero-order valence-electron chi connectivity index (χ0n) is 59.6. The third-order valence-electron chi connectivity index (χ3n) is 18.6. The molecular formula is C70H113N13O13. The minimum atomic E-state index is -1.13. The molecule has 1 unspecified atom stereocenters. The SMILES string of the molecule is CCNC(=O)C1CCN(C(=O)CCC(=O)NC(C(=O)N[C@@H](CCCNC(N)=O)C(=O)Nc2ccc(CNC(=O)[C@H](Cc3ccccc3)NC(=O)[C@H](C)[C@@H](OC)[C@@H]3CCCN3C(=O)C[C@@H](OC)[C@H]([C@@H](C)CC)N(C)C(=O)[C@@H](NC(=O)[C@H](C(C)C)N(C)C)C(C)C)cc2)C(C)C)CC1. The van der Waals surface area contributed by atoms with E-state index >= 15 is 0 Å². The lowest BCUT2D eigenvalue weighted by molar-refractivity contribution is -0.148. The minimum Gasteiger partial charge on any atom is -0.379 e. The second kappa shape index (κ2) is 40.1. The lowest BCUT2D eigenvalue weighted by atomic mass is 9.89. The van der Waals surface area contributed by atoms with Gasteiger partial charge in [0, 0.05) is 91.4 Å². The molecule has 0 bridgehead atoms. The number of nitrogens with two attached hydrogens (primary N) is 1. The largest absolute Gasteiger partial charge is 0.379 e. The van der Waals surface area contributed by atoms with Crippen molar-refractivity contribution in [3.05, 3.63) is 65.7 Å². The van der Waals surface area contributed by atoms with Crippen molar-refractivity contribution in [2.45, 2.75) is 201 Å². The van der Waals surface area contributed by atoms with Gasteiger partial charge in [0.25, 0.3) is 0 Å². The lowest BCUT2D eigenvalue weighted by Gasteiger charge is -2.41. The summed E-state index contributed by atoms with van der Waals surface area (Å²) in [4.78, 5) is 156. The molecule has 2 aliphatic rings. The van der Waals surface area contributed by atoms with E-state index in [9.17, 15) is 52.7 Å². The number of urea groups is 1. The number of ether oxygens (including phenoxy) is 2. The minimum absolute atomic E-state index is 0.00630. The fourth-order valence-corrected chi connectivity index (χ4v) is 12.9. The first-order chi connectivity index (χ1) is 45.5. The number of likely N-dealkylation sites (tertiary alicyclic amines) is 2. The number of amides is 12. The number of carbonyl (C=O) groups excluding carboxylic acids is 11. The average molecular weight is 1340 g/mol. The Morgan fingerprint density at radius 3 is 1.83 bits per heavy atom. The Bertz CT molecular complexity index is 2860. The summed E-state index contributed by atoms with van der Waals surface area (Å²) in [6.07, 6.45) is 1.58. The number of carbonyl (C=O) groups is 11. The van der Waals surface area contributed by atoms with Gasteiger partial charge in [0.15, 0.2) is 0 Å². The van der Waals surface area contributed by atoms with E-state index in [1.54, 1.807) is 66.8 Å². The molecule has 0 aromatic heterocycles. The number of benzene rings is 2. The van der Waals surface area contributed by atoms with Gasteiger partial charge in [-0.05, 0) is 106 Å². The molecule has 0 saturated carbocycles. The van der Waals surface area contributed by atoms with E-state index in [1.807, 2.05) is 97.8 Å². The maximum Gasteiger partial charge on any atom is 0.312 e. The Morgan fingerprint density at radius 2 is 1.27 bits per heavy atom. The van der Waals surface area contributed by atoms with Gasteiger partial charge in [-0.1, -0.05) is 111 Å². The van der Waals surface area contributed by atoms with Gasteiger partial charge >= 0.3 is 6.03 Å². The normalized spacial score (nSPS) is 17.4. The molecule has 0 aliphatic carbocycles. The molecule has 2 fully saturated rings. The summed E-state index contributed by atoms with van der Waals surface area (Å²) in [6, 6.07) is 9.59. The van der Waals surface area contributed by atoms with Crippen LogP contribution in [0.15, 0.2) is 54.6 Å². The molecule has 10 N–H and O–H groups in total. The first-order valence-electron chi connectivity index (χ1n) is 34.3. The van der Waals surface area contributed by atoms with Gasteiger partial charge in [-0.2, -0.15) is 0 Å². The van der Waals surface area contributed by atoms with Crippen molar-refractivity contribution in [1.29, 1.82) is 0 Å². The molecule has 2 aromatic carbocycles. The van der Waals surface area contributed by atoms with Gasteiger partial charge in [-0.3, -0.25) is 52.8 Å². The van der Waals surface area contributed by atoms with Crippen LogP contribution in [0.1, 0.15) is 145 Å². The van der Waals surface area contributed by atoms with Crippen LogP contribution in [0.2, 0.25) is 0 Å². The van der Waals surface area contributed by atoms with Crippen LogP contribution in [0.4, 0.5) is 10.5 Å². The summed E-state index contributed by atoms with van der Waals surface area (Å²) < 4.78 is 12.2. The summed E-state index contributed by atoms with van der Waals surface area (Å²) in [5, 5.41) is 22.6. The predicted molar refractivity (Wildman–Crippen MR) is 367 cm³/mol. The summed E-state index contributed by atoms with van der Waals surface area (Å²) in [6.45, 7) is 20.6. The maximum atomic E-state index is 14.6.